The molecular formula is C12H11FN4S. The van der Waals surface area contributed by atoms with Gasteiger partial charge in [0, 0.05) is 11.9 Å². The highest BCUT2D eigenvalue weighted by Gasteiger charge is 2.05. The lowest BCUT2D eigenvalue weighted by molar-refractivity contribution is 0.628. The zero-order chi connectivity index (χ0) is 13.1. The van der Waals surface area contributed by atoms with E-state index in [9.17, 15) is 4.39 Å². The third-order valence-electron chi connectivity index (χ3n) is 2.35. The van der Waals surface area contributed by atoms with Crippen molar-refractivity contribution in [3.8, 4) is 0 Å². The number of aromatic nitrogens is 2. The Bertz CT molecular complexity index is 600. The maximum Gasteiger partial charge on any atom is 0.227 e. The van der Waals surface area contributed by atoms with Crippen LogP contribution in [0.1, 0.15) is 11.3 Å². The van der Waals surface area contributed by atoms with Gasteiger partial charge in [-0.1, -0.05) is 18.3 Å². The summed E-state index contributed by atoms with van der Waals surface area (Å²) in [5.74, 6) is 0.00241. The van der Waals surface area contributed by atoms with Crippen molar-refractivity contribution in [1.29, 1.82) is 0 Å². The van der Waals surface area contributed by atoms with Gasteiger partial charge in [-0.25, -0.2) is 14.4 Å². The molecule has 4 nitrogen and oxygen atoms in total. The summed E-state index contributed by atoms with van der Waals surface area (Å²) in [5, 5.41) is 2.93. The van der Waals surface area contributed by atoms with Crippen LogP contribution in [0.4, 0.5) is 16.0 Å². The number of halogens is 1. The Balaban J connectivity index is 2.31. The Kier molecular flexibility index (Phi) is 3.47. The topological polar surface area (TPSA) is 63.8 Å². The Labute approximate surface area is 109 Å². The van der Waals surface area contributed by atoms with Gasteiger partial charge >= 0.3 is 0 Å². The predicted octanol–water partition coefficient (Wildman–Crippen LogP) is 2.30. The van der Waals surface area contributed by atoms with Crippen LogP contribution in [0.3, 0.4) is 0 Å². The maximum atomic E-state index is 13.1. The molecule has 0 spiro atoms. The molecule has 1 aromatic carbocycles. The third-order valence-corrected chi connectivity index (χ3v) is 2.56. The molecule has 1 heterocycles. The maximum absolute atomic E-state index is 13.1. The number of rotatable bonds is 3. The van der Waals surface area contributed by atoms with Crippen molar-refractivity contribution in [2.75, 3.05) is 5.32 Å². The molecule has 2 aromatic rings. The second-order valence-electron chi connectivity index (χ2n) is 3.71. The number of nitrogens with one attached hydrogen (secondary N) is 1. The van der Waals surface area contributed by atoms with Crippen molar-refractivity contribution in [2.45, 2.75) is 6.92 Å². The van der Waals surface area contributed by atoms with Gasteiger partial charge in [-0.15, -0.1) is 0 Å². The van der Waals surface area contributed by atoms with Gasteiger partial charge in [-0.3, -0.25) is 0 Å². The van der Waals surface area contributed by atoms with Crippen LogP contribution in [0.2, 0.25) is 0 Å². The first-order valence-corrected chi connectivity index (χ1v) is 5.63. The van der Waals surface area contributed by atoms with Crippen molar-refractivity contribution in [3.63, 3.8) is 0 Å². The Morgan fingerprint density at radius 3 is 2.89 bits per heavy atom. The average Bonchev–Trinajstić information content (AvgIpc) is 2.34. The van der Waals surface area contributed by atoms with E-state index in [1.54, 1.807) is 18.3 Å². The fourth-order valence-corrected chi connectivity index (χ4v) is 1.52. The summed E-state index contributed by atoms with van der Waals surface area (Å²) in [5.41, 5.74) is 7.45. The van der Waals surface area contributed by atoms with Crippen molar-refractivity contribution in [2.24, 2.45) is 5.73 Å². The van der Waals surface area contributed by atoms with Crippen LogP contribution in [0, 0.1) is 12.7 Å². The molecular weight excluding hydrogens is 251 g/mol. The van der Waals surface area contributed by atoms with Gasteiger partial charge in [0.25, 0.3) is 0 Å². The molecule has 92 valence electrons. The summed E-state index contributed by atoms with van der Waals surface area (Å²) >= 11 is 4.83. The van der Waals surface area contributed by atoms with E-state index in [-0.39, 0.29) is 10.8 Å². The average molecular weight is 262 g/mol. The number of aryl methyl sites for hydroxylation is 1. The Morgan fingerprint density at radius 1 is 1.39 bits per heavy atom. The van der Waals surface area contributed by atoms with E-state index in [1.807, 2.05) is 6.92 Å². The number of hydrogen-bond acceptors (Lipinski definition) is 4. The smallest absolute Gasteiger partial charge is 0.227 e. The second-order valence-corrected chi connectivity index (χ2v) is 4.15. The van der Waals surface area contributed by atoms with E-state index in [2.05, 4.69) is 15.3 Å². The molecule has 0 aliphatic rings. The van der Waals surface area contributed by atoms with E-state index in [0.29, 0.717) is 17.3 Å². The molecule has 2 rings (SSSR count). The number of benzene rings is 1. The van der Waals surface area contributed by atoms with E-state index in [1.165, 1.54) is 12.1 Å². The van der Waals surface area contributed by atoms with Crippen LogP contribution in [0.25, 0.3) is 0 Å². The number of hydrogen-bond donors (Lipinski definition) is 2. The normalized spacial score (nSPS) is 10.1. The molecule has 0 fully saturated rings. The van der Waals surface area contributed by atoms with Gasteiger partial charge in [0.2, 0.25) is 5.95 Å². The molecule has 0 bridgehead atoms. The van der Waals surface area contributed by atoms with E-state index in [4.69, 9.17) is 18.0 Å². The Hall–Kier alpha value is -2.08. The van der Waals surface area contributed by atoms with Gasteiger partial charge in [-0.05, 0) is 30.7 Å². The van der Waals surface area contributed by atoms with Gasteiger partial charge in [0.1, 0.15) is 16.5 Å². The summed E-state index contributed by atoms with van der Waals surface area (Å²) in [6.07, 6.45) is 1.54. The number of thiocarbonyl (C=S) groups is 1. The molecule has 18 heavy (non-hydrogen) atoms. The molecule has 0 saturated heterocycles. The van der Waals surface area contributed by atoms with Crippen LogP contribution < -0.4 is 11.1 Å². The minimum absolute atomic E-state index is 0.191. The van der Waals surface area contributed by atoms with Crippen molar-refractivity contribution < 1.29 is 4.39 Å². The molecule has 3 N–H and O–H groups in total. The van der Waals surface area contributed by atoms with E-state index >= 15 is 0 Å². The fourth-order valence-electron chi connectivity index (χ4n) is 1.41. The molecule has 6 heteroatoms. The molecule has 0 radical (unpaired) electrons. The monoisotopic (exact) mass is 262 g/mol. The first kappa shape index (κ1) is 12.4. The summed E-state index contributed by atoms with van der Waals surface area (Å²) in [4.78, 5) is 8.35. The van der Waals surface area contributed by atoms with Gasteiger partial charge in [-0.2, -0.15) is 0 Å². The standard InChI is InChI=1S/C12H11FN4S/c1-7-2-3-8(13)6-10(7)17-12-15-5-4-9(16-12)11(14)18/h2-6H,1H3,(H2,14,18)(H,15,16,17). The van der Waals surface area contributed by atoms with E-state index in [0.717, 1.165) is 5.56 Å². The first-order chi connectivity index (χ1) is 8.56. The van der Waals surface area contributed by atoms with Crippen LogP contribution in [-0.2, 0) is 0 Å². The summed E-state index contributed by atoms with van der Waals surface area (Å²) in [6, 6.07) is 6.07. The minimum atomic E-state index is -0.325. The number of anilines is 2. The van der Waals surface area contributed by atoms with Gasteiger partial charge < -0.3 is 11.1 Å². The van der Waals surface area contributed by atoms with Crippen molar-refractivity contribution in [3.05, 3.63) is 47.5 Å². The molecule has 0 amide bonds. The highest BCUT2D eigenvalue weighted by Crippen LogP contribution is 2.19. The van der Waals surface area contributed by atoms with Crippen molar-refractivity contribution >= 4 is 28.8 Å². The molecule has 0 saturated carbocycles. The third kappa shape index (κ3) is 2.78. The highest BCUT2D eigenvalue weighted by molar-refractivity contribution is 7.80. The van der Waals surface area contributed by atoms with Crippen molar-refractivity contribution in [1.82, 2.24) is 9.97 Å². The van der Waals surface area contributed by atoms with Crippen LogP contribution >= 0.6 is 12.2 Å². The predicted molar refractivity (Wildman–Crippen MR) is 72.3 cm³/mol. The van der Waals surface area contributed by atoms with Crippen LogP contribution in [0.15, 0.2) is 30.5 Å². The second kappa shape index (κ2) is 5.05. The molecule has 1 aromatic heterocycles. The van der Waals surface area contributed by atoms with Crippen LogP contribution in [-0.4, -0.2) is 15.0 Å². The van der Waals surface area contributed by atoms with E-state index < -0.39 is 0 Å². The first-order valence-electron chi connectivity index (χ1n) is 5.22. The molecule has 0 aliphatic heterocycles. The number of nitrogens with two attached hydrogens (primary N) is 1. The zero-order valence-corrected chi connectivity index (χ0v) is 10.5. The lowest BCUT2D eigenvalue weighted by Gasteiger charge is -2.08. The zero-order valence-electron chi connectivity index (χ0n) is 9.64. The SMILES string of the molecule is Cc1ccc(F)cc1Nc1nccc(C(N)=S)n1. The van der Waals surface area contributed by atoms with Gasteiger partial charge in [0.15, 0.2) is 0 Å². The molecule has 0 atom stereocenters. The Morgan fingerprint density at radius 2 is 2.17 bits per heavy atom. The number of nitrogens with zero attached hydrogens (tertiary/aromatic N) is 2. The molecule has 0 unspecified atom stereocenters. The fraction of sp³-hybridized carbons (Fsp3) is 0.0833. The minimum Gasteiger partial charge on any atom is -0.388 e. The summed E-state index contributed by atoms with van der Waals surface area (Å²) in [7, 11) is 0. The van der Waals surface area contributed by atoms with Crippen LogP contribution in [0.5, 0.6) is 0 Å². The largest absolute Gasteiger partial charge is 0.388 e. The highest BCUT2D eigenvalue weighted by atomic mass is 32.1. The summed E-state index contributed by atoms with van der Waals surface area (Å²) in [6.45, 7) is 1.86. The lowest BCUT2D eigenvalue weighted by Crippen LogP contribution is -2.13. The quantitative estimate of drug-likeness (QED) is 0.831. The summed E-state index contributed by atoms with van der Waals surface area (Å²) < 4.78 is 13.1. The lowest BCUT2D eigenvalue weighted by atomic mass is 10.2. The molecule has 0 aliphatic carbocycles. The van der Waals surface area contributed by atoms with Gasteiger partial charge in [0.05, 0.1) is 0 Å².